The molecule has 0 aromatic carbocycles. The van der Waals surface area contributed by atoms with Crippen LogP contribution in [0.15, 0.2) is 0 Å². The van der Waals surface area contributed by atoms with Crippen molar-refractivity contribution in [1.82, 2.24) is 26.0 Å². The van der Waals surface area contributed by atoms with Gasteiger partial charge in [-0.2, -0.15) is 5.10 Å². The van der Waals surface area contributed by atoms with Crippen molar-refractivity contribution in [1.29, 1.82) is 0 Å². The highest BCUT2D eigenvalue weighted by molar-refractivity contribution is 5.03. The maximum atomic E-state index is 5.75. The van der Waals surface area contributed by atoms with Crippen molar-refractivity contribution in [2.24, 2.45) is 5.73 Å². The van der Waals surface area contributed by atoms with Gasteiger partial charge in [-0.25, -0.2) is 10.4 Å². The van der Waals surface area contributed by atoms with Crippen LogP contribution in [0.5, 0.6) is 0 Å². The van der Waals surface area contributed by atoms with E-state index in [-0.39, 0.29) is 12.1 Å². The summed E-state index contributed by atoms with van der Waals surface area (Å²) in [6.07, 6.45) is -0.0970. The zero-order valence-electron chi connectivity index (χ0n) is 6.83. The highest BCUT2D eigenvalue weighted by atomic mass is 15.4. The van der Waals surface area contributed by atoms with Crippen LogP contribution in [0.25, 0.3) is 0 Å². The first-order valence-electron chi connectivity index (χ1n) is 3.90. The molecule has 0 bridgehead atoms. The van der Waals surface area contributed by atoms with Gasteiger partial charge >= 0.3 is 0 Å². The number of aromatic nitrogens is 3. The molecule has 1 aliphatic rings. The molecular formula is C6H12N6. The van der Waals surface area contributed by atoms with Crippen LogP contribution in [0.3, 0.4) is 0 Å². The van der Waals surface area contributed by atoms with Crippen molar-refractivity contribution in [3.8, 4) is 0 Å². The number of hydrogen-bond acceptors (Lipinski definition) is 5. The molecule has 1 aromatic rings. The van der Waals surface area contributed by atoms with E-state index in [4.69, 9.17) is 5.73 Å². The summed E-state index contributed by atoms with van der Waals surface area (Å²) in [5.41, 5.74) is 11.6. The quantitative estimate of drug-likeness (QED) is 0.413. The molecule has 1 aromatic heterocycles. The molecule has 2 unspecified atom stereocenters. The Morgan fingerprint density at radius 3 is 2.92 bits per heavy atom. The Morgan fingerprint density at radius 1 is 1.58 bits per heavy atom. The largest absolute Gasteiger partial charge is 0.314 e. The highest BCUT2D eigenvalue weighted by Crippen LogP contribution is 2.14. The van der Waals surface area contributed by atoms with E-state index in [0.717, 1.165) is 18.2 Å². The molecule has 0 radical (unpaired) electrons. The van der Waals surface area contributed by atoms with E-state index in [1.165, 1.54) is 0 Å². The van der Waals surface area contributed by atoms with Crippen LogP contribution in [0.2, 0.25) is 0 Å². The van der Waals surface area contributed by atoms with Crippen LogP contribution in [0, 0.1) is 6.92 Å². The highest BCUT2D eigenvalue weighted by Gasteiger charge is 2.27. The van der Waals surface area contributed by atoms with Crippen LogP contribution in [0.1, 0.15) is 17.6 Å². The number of nitrogens with two attached hydrogens (primary N) is 1. The number of aryl methyl sites for hydroxylation is 1. The first-order chi connectivity index (χ1) is 5.77. The normalized spacial score (nSPS) is 29.5. The fourth-order valence-electron chi connectivity index (χ4n) is 1.29. The molecule has 2 atom stereocenters. The molecule has 0 spiro atoms. The molecule has 0 amide bonds. The minimum absolute atomic E-state index is 0.0970. The second-order valence-corrected chi connectivity index (χ2v) is 2.94. The lowest BCUT2D eigenvalue weighted by Crippen LogP contribution is -2.38. The Hall–Kier alpha value is -0.980. The molecular weight excluding hydrogens is 156 g/mol. The lowest BCUT2D eigenvalue weighted by Gasteiger charge is -2.08. The second kappa shape index (κ2) is 2.81. The topological polar surface area (TPSA) is 91.7 Å². The van der Waals surface area contributed by atoms with Gasteiger partial charge in [-0.15, -0.1) is 0 Å². The fraction of sp³-hybridized carbons (Fsp3) is 0.667. The third-order valence-electron chi connectivity index (χ3n) is 1.97. The van der Waals surface area contributed by atoms with Crippen molar-refractivity contribution in [2.75, 3.05) is 6.54 Å². The minimum Gasteiger partial charge on any atom is -0.314 e. The molecule has 0 aliphatic carbocycles. The molecule has 2 heterocycles. The minimum atomic E-state index is -0.0970. The second-order valence-electron chi connectivity index (χ2n) is 2.94. The Morgan fingerprint density at radius 2 is 2.42 bits per heavy atom. The Labute approximate surface area is 69.9 Å². The first-order valence-corrected chi connectivity index (χ1v) is 3.90. The number of rotatable bonds is 1. The van der Waals surface area contributed by atoms with Gasteiger partial charge in [-0.1, -0.05) is 0 Å². The van der Waals surface area contributed by atoms with E-state index in [2.05, 4.69) is 26.0 Å². The van der Waals surface area contributed by atoms with Gasteiger partial charge < -0.3 is 5.73 Å². The van der Waals surface area contributed by atoms with Crippen LogP contribution < -0.4 is 16.6 Å². The Balaban J connectivity index is 2.19. The summed E-state index contributed by atoms with van der Waals surface area (Å²) < 4.78 is 0. The van der Waals surface area contributed by atoms with E-state index < -0.39 is 0 Å². The molecule has 1 aliphatic heterocycles. The number of hydrazine groups is 1. The van der Waals surface area contributed by atoms with Crippen LogP contribution >= 0.6 is 0 Å². The van der Waals surface area contributed by atoms with Gasteiger partial charge in [0.25, 0.3) is 0 Å². The maximum absolute atomic E-state index is 5.75. The predicted octanol–water partition coefficient (Wildman–Crippen LogP) is -1.41. The molecule has 6 nitrogen and oxygen atoms in total. The smallest absolute Gasteiger partial charge is 0.158 e. The summed E-state index contributed by atoms with van der Waals surface area (Å²) in [5.74, 6) is 1.76. The van der Waals surface area contributed by atoms with Crippen molar-refractivity contribution in [3.63, 3.8) is 0 Å². The standard InChI is InChI=1S/C6H12N6/c1-3-9-6(12-10-3)4-2-8-11-5(4)7/h4-5,8,11H,2,7H2,1H3,(H,9,10,12). The summed E-state index contributed by atoms with van der Waals surface area (Å²) in [6, 6.07) is 0. The summed E-state index contributed by atoms with van der Waals surface area (Å²) in [4.78, 5) is 4.22. The van der Waals surface area contributed by atoms with Gasteiger partial charge in [0.05, 0.1) is 12.1 Å². The van der Waals surface area contributed by atoms with Crippen molar-refractivity contribution < 1.29 is 0 Å². The third-order valence-corrected chi connectivity index (χ3v) is 1.97. The number of nitrogens with zero attached hydrogens (tertiary/aromatic N) is 2. The van der Waals surface area contributed by atoms with Gasteiger partial charge in [0.15, 0.2) is 5.82 Å². The van der Waals surface area contributed by atoms with Gasteiger partial charge in [0, 0.05) is 6.54 Å². The van der Waals surface area contributed by atoms with Gasteiger partial charge in [-0.3, -0.25) is 10.5 Å². The average Bonchev–Trinajstić information content (AvgIpc) is 2.58. The maximum Gasteiger partial charge on any atom is 0.158 e. The SMILES string of the molecule is Cc1nc(C2CNNC2N)n[nH]1. The number of H-pyrrole nitrogens is 1. The molecule has 5 N–H and O–H groups in total. The van der Waals surface area contributed by atoms with Crippen LogP contribution in [0.4, 0.5) is 0 Å². The molecule has 0 saturated carbocycles. The van der Waals surface area contributed by atoms with Crippen LogP contribution in [-0.2, 0) is 0 Å². The molecule has 1 saturated heterocycles. The first kappa shape index (κ1) is 7.66. The van der Waals surface area contributed by atoms with Gasteiger partial charge in [0.1, 0.15) is 5.82 Å². The van der Waals surface area contributed by atoms with E-state index >= 15 is 0 Å². The summed E-state index contributed by atoms with van der Waals surface area (Å²) in [7, 11) is 0. The monoisotopic (exact) mass is 168 g/mol. The van der Waals surface area contributed by atoms with Gasteiger partial charge in [-0.05, 0) is 6.92 Å². The van der Waals surface area contributed by atoms with Crippen molar-refractivity contribution in [2.45, 2.75) is 19.0 Å². The van der Waals surface area contributed by atoms with E-state index in [1.54, 1.807) is 0 Å². The average molecular weight is 168 g/mol. The van der Waals surface area contributed by atoms with Gasteiger partial charge in [0.2, 0.25) is 0 Å². The lowest BCUT2D eigenvalue weighted by molar-refractivity contribution is 0.535. The van der Waals surface area contributed by atoms with Crippen LogP contribution in [-0.4, -0.2) is 27.9 Å². The summed E-state index contributed by atoms with van der Waals surface area (Å²) in [6.45, 7) is 2.65. The zero-order chi connectivity index (χ0) is 8.55. The van der Waals surface area contributed by atoms with E-state index in [0.29, 0.717) is 0 Å². The summed E-state index contributed by atoms with van der Waals surface area (Å²) in [5, 5.41) is 6.85. The van der Waals surface area contributed by atoms with E-state index in [9.17, 15) is 0 Å². The fourth-order valence-corrected chi connectivity index (χ4v) is 1.29. The lowest BCUT2D eigenvalue weighted by atomic mass is 10.1. The van der Waals surface area contributed by atoms with Crippen molar-refractivity contribution in [3.05, 3.63) is 11.6 Å². The molecule has 66 valence electrons. The zero-order valence-corrected chi connectivity index (χ0v) is 6.83. The summed E-state index contributed by atoms with van der Waals surface area (Å²) >= 11 is 0. The number of nitrogens with one attached hydrogen (secondary N) is 3. The molecule has 6 heteroatoms. The Bertz CT molecular complexity index is 269. The number of hydrogen-bond donors (Lipinski definition) is 4. The third kappa shape index (κ3) is 1.20. The molecule has 2 rings (SSSR count). The molecule has 1 fully saturated rings. The number of aromatic amines is 1. The predicted molar refractivity (Wildman–Crippen MR) is 43.0 cm³/mol. The Kier molecular flexibility index (Phi) is 1.80. The molecule has 12 heavy (non-hydrogen) atoms. The van der Waals surface area contributed by atoms with Crippen molar-refractivity contribution >= 4 is 0 Å². The van der Waals surface area contributed by atoms with E-state index in [1.807, 2.05) is 6.92 Å².